The Bertz CT molecular complexity index is 53.8. The van der Waals surface area contributed by atoms with E-state index in [4.69, 9.17) is 9.97 Å². The Hall–Kier alpha value is 1.43. The summed E-state index contributed by atoms with van der Waals surface area (Å²) >= 11 is -1.06. The van der Waals surface area contributed by atoms with Crippen LogP contribution in [0.2, 0.25) is 0 Å². The minimum atomic E-state index is -2.00. The van der Waals surface area contributed by atoms with Crippen molar-refractivity contribution in [2.24, 2.45) is 0 Å². The molecule has 3 nitrogen and oxygen atoms in total. The Morgan fingerprint density at radius 1 is 1.17 bits per heavy atom. The average molecular weight is 151 g/mol. The first kappa shape index (κ1) is 10.4. The van der Waals surface area contributed by atoms with E-state index in [-0.39, 0.29) is 0 Å². The zero-order valence-corrected chi connectivity index (χ0v) is 6.35. The van der Waals surface area contributed by atoms with E-state index in [9.17, 15) is 0 Å². The second-order valence-electron chi connectivity index (χ2n) is 0.287. The molecule has 0 unspecified atom stereocenters. The van der Waals surface area contributed by atoms with Crippen molar-refractivity contribution in [1.82, 2.24) is 0 Å². The molecule has 0 aliphatic carbocycles. The van der Waals surface area contributed by atoms with Gasteiger partial charge in [0.2, 0.25) is 0 Å². The molecule has 0 bridgehead atoms. The van der Waals surface area contributed by atoms with Gasteiger partial charge < -0.3 is 0 Å². The number of rotatable bonds is 0. The number of hydrogen-bond acceptors (Lipinski definition) is 3. The molecule has 0 heterocycles. The maximum absolute atomic E-state index is 9.06. The summed E-state index contributed by atoms with van der Waals surface area (Å²) in [7, 11) is 0. The van der Waals surface area contributed by atoms with Gasteiger partial charge in [0.1, 0.15) is 0 Å². The molecule has 0 saturated carbocycles. The van der Waals surface area contributed by atoms with Crippen LogP contribution in [0, 0.1) is 0 Å². The van der Waals surface area contributed by atoms with Gasteiger partial charge in [0.15, 0.2) is 0 Å². The SMILES string of the molecule is [Li][Ti]=[O].[O]=[Ti]=[O]. The predicted octanol–water partition coefficient (Wildman–Crippen LogP) is -0.742. The standard InChI is InChI=1S/Li.3O.2Ti. The summed E-state index contributed by atoms with van der Waals surface area (Å²) in [6.07, 6.45) is 0. The van der Waals surface area contributed by atoms with Crippen molar-refractivity contribution in [2.45, 2.75) is 0 Å². The van der Waals surface area contributed by atoms with Gasteiger partial charge in [-0.15, -0.1) is 0 Å². The Balaban J connectivity index is 0. The molecule has 0 radical (unpaired) electrons. The molecule has 0 amide bonds. The first-order valence-electron chi connectivity index (χ1n) is 1.11. The van der Waals surface area contributed by atoms with Crippen LogP contribution in [0.4, 0.5) is 0 Å². The van der Waals surface area contributed by atoms with Gasteiger partial charge in [-0.1, -0.05) is 0 Å². The molecule has 0 aromatic carbocycles. The molecule has 0 atom stereocenters. The van der Waals surface area contributed by atoms with Crippen molar-refractivity contribution in [3.63, 3.8) is 0 Å². The van der Waals surface area contributed by atoms with Crippen molar-refractivity contribution >= 4 is 14.8 Å². The van der Waals surface area contributed by atoms with Crippen molar-refractivity contribution in [2.75, 3.05) is 0 Å². The molecule has 6 heavy (non-hydrogen) atoms. The van der Waals surface area contributed by atoms with Crippen LogP contribution in [0.5, 0.6) is 0 Å². The molecule has 0 rings (SSSR count). The van der Waals surface area contributed by atoms with Crippen LogP contribution in [-0.2, 0) is 45.7 Å². The van der Waals surface area contributed by atoms with Crippen molar-refractivity contribution in [1.29, 1.82) is 0 Å². The van der Waals surface area contributed by atoms with E-state index >= 15 is 0 Å². The summed E-state index contributed by atoms with van der Waals surface area (Å²) in [5.41, 5.74) is 0. The van der Waals surface area contributed by atoms with Crippen LogP contribution in [0.25, 0.3) is 0 Å². The zero-order chi connectivity index (χ0) is 5.41. The van der Waals surface area contributed by atoms with E-state index in [1.165, 1.54) is 0 Å². The van der Waals surface area contributed by atoms with E-state index in [0.717, 1.165) is 0 Å². The average Bonchev–Trinajstić information content (AvgIpc) is 1.39. The molecule has 0 N–H and O–H groups in total. The first-order chi connectivity index (χ1) is 2.83. The quantitative estimate of drug-likeness (QED) is 0.428. The van der Waals surface area contributed by atoms with E-state index in [1.54, 1.807) is 14.8 Å². The summed E-state index contributed by atoms with van der Waals surface area (Å²) in [5, 5.41) is 0. The third kappa shape index (κ3) is 52.3. The van der Waals surface area contributed by atoms with E-state index < -0.39 is 35.7 Å². The molecule has 27 valence electrons. The fourth-order valence-electron chi connectivity index (χ4n) is 0. The zero-order valence-electron chi connectivity index (χ0n) is 3.22. The predicted molar refractivity (Wildman–Crippen MR) is 7.81 cm³/mol. The molecule has 0 aromatic rings. The third-order valence-corrected chi connectivity index (χ3v) is 0. The molecule has 6 heteroatoms. The molecule has 0 saturated heterocycles. The van der Waals surface area contributed by atoms with Gasteiger partial charge in [-0.25, -0.2) is 0 Å². The van der Waals surface area contributed by atoms with Gasteiger partial charge in [0.05, 0.1) is 0 Å². The van der Waals surface area contributed by atoms with Crippen LogP contribution >= 0.6 is 0 Å². The van der Waals surface area contributed by atoms with Gasteiger partial charge in [-0.2, -0.15) is 0 Å². The summed E-state index contributed by atoms with van der Waals surface area (Å²) < 4.78 is 26.1. The van der Waals surface area contributed by atoms with Crippen molar-refractivity contribution in [3.05, 3.63) is 0 Å². The molecule has 0 aliphatic rings. The fraction of sp³-hybridized carbons (Fsp3) is 0. The second kappa shape index (κ2) is 16.1. The summed E-state index contributed by atoms with van der Waals surface area (Å²) in [6, 6.07) is 0. The van der Waals surface area contributed by atoms with Gasteiger partial charge in [0.25, 0.3) is 0 Å². The van der Waals surface area contributed by atoms with E-state index in [1.807, 2.05) is 0 Å². The maximum atomic E-state index is 9.06. The van der Waals surface area contributed by atoms with E-state index in [0.29, 0.717) is 0 Å². The van der Waals surface area contributed by atoms with Gasteiger partial charge in [0, 0.05) is 0 Å². The van der Waals surface area contributed by atoms with Gasteiger partial charge in [-0.3, -0.25) is 0 Å². The third-order valence-electron chi connectivity index (χ3n) is 0. The Morgan fingerprint density at radius 2 is 1.17 bits per heavy atom. The van der Waals surface area contributed by atoms with Crippen LogP contribution in [0.3, 0.4) is 0 Å². The molecule has 0 fully saturated rings. The van der Waals surface area contributed by atoms with Gasteiger partial charge >= 0.3 is 60.4 Å². The molecule has 0 aliphatic heterocycles. The van der Waals surface area contributed by atoms with E-state index in [2.05, 4.69) is 0 Å². The summed E-state index contributed by atoms with van der Waals surface area (Å²) in [4.78, 5) is 0. The molecular formula is LiO3Ti2. The van der Waals surface area contributed by atoms with Crippen LogP contribution < -0.4 is 0 Å². The summed E-state index contributed by atoms with van der Waals surface area (Å²) in [5.74, 6) is 0. The number of hydrogen-bond donors (Lipinski definition) is 0. The Labute approximate surface area is 59.8 Å². The molecular weight excluding hydrogens is 151 g/mol. The fourth-order valence-corrected chi connectivity index (χ4v) is 0. The monoisotopic (exact) mass is 151 g/mol. The minimum absolute atomic E-state index is 0.750. The van der Waals surface area contributed by atoms with Crippen molar-refractivity contribution < 1.29 is 45.7 Å². The molecule has 0 spiro atoms. The van der Waals surface area contributed by atoms with Crippen LogP contribution in [0.15, 0.2) is 0 Å². The molecule has 0 aromatic heterocycles. The summed E-state index contributed by atoms with van der Waals surface area (Å²) in [6.45, 7) is 0. The van der Waals surface area contributed by atoms with Crippen molar-refractivity contribution in [3.8, 4) is 0 Å². The van der Waals surface area contributed by atoms with Gasteiger partial charge in [-0.05, 0) is 0 Å². The Kier molecular flexibility index (Phi) is 28.0. The normalized spacial score (nSPS) is 3.00. The topological polar surface area (TPSA) is 51.2 Å². The Morgan fingerprint density at radius 3 is 1.17 bits per heavy atom. The van der Waals surface area contributed by atoms with Crippen LogP contribution in [-0.4, -0.2) is 14.8 Å². The second-order valence-corrected chi connectivity index (χ2v) is 1.19. The van der Waals surface area contributed by atoms with Crippen LogP contribution in [0.1, 0.15) is 0 Å². The first-order valence-corrected chi connectivity index (χ1v) is 4.59.